The number of amides is 2. The van der Waals surface area contributed by atoms with Crippen molar-refractivity contribution in [3.05, 3.63) is 83.1 Å². The number of pyridine rings is 2. The first kappa shape index (κ1) is 26.0. The molecule has 0 saturated heterocycles. The molecule has 0 bridgehead atoms. The molecule has 8 nitrogen and oxygen atoms in total. The number of nitrogens with two attached hydrogens (primary N) is 2. The SMILES string of the molecule is CC1=C[C@H](N)C[C@H](c2ccncc2NC(=O)c2nc(-c3cc(C(=O)NC(C)C)ccc3F)ccc2N)C1. The molecule has 6 N–H and O–H groups in total. The van der Waals surface area contributed by atoms with Crippen molar-refractivity contribution in [2.75, 3.05) is 11.1 Å². The first-order valence-corrected chi connectivity index (χ1v) is 12.2. The van der Waals surface area contributed by atoms with Crippen LogP contribution >= 0.6 is 0 Å². The third-order valence-corrected chi connectivity index (χ3v) is 6.23. The van der Waals surface area contributed by atoms with Crippen LogP contribution in [0.1, 0.15) is 65.9 Å². The van der Waals surface area contributed by atoms with Crippen LogP contribution in [0, 0.1) is 5.82 Å². The molecular weight excluding hydrogens is 471 g/mol. The molecule has 1 aromatic carbocycles. The van der Waals surface area contributed by atoms with Crippen molar-refractivity contribution in [2.24, 2.45) is 5.73 Å². The number of rotatable bonds is 6. The molecule has 2 amide bonds. The van der Waals surface area contributed by atoms with Crippen LogP contribution in [0.15, 0.2) is 60.4 Å². The lowest BCUT2D eigenvalue weighted by Crippen LogP contribution is -2.30. The van der Waals surface area contributed by atoms with E-state index < -0.39 is 11.7 Å². The molecule has 0 unspecified atom stereocenters. The number of halogens is 1. The van der Waals surface area contributed by atoms with Gasteiger partial charge in [-0.05, 0) is 81.5 Å². The first-order valence-electron chi connectivity index (χ1n) is 12.2. The number of nitrogens with zero attached hydrogens (tertiary/aromatic N) is 2. The van der Waals surface area contributed by atoms with E-state index in [0.717, 1.165) is 18.4 Å². The van der Waals surface area contributed by atoms with Crippen molar-refractivity contribution in [3.63, 3.8) is 0 Å². The number of hydrogen-bond acceptors (Lipinski definition) is 6. The van der Waals surface area contributed by atoms with Crippen LogP contribution in [-0.2, 0) is 0 Å². The lowest BCUT2D eigenvalue weighted by atomic mass is 9.82. The van der Waals surface area contributed by atoms with Crippen LogP contribution in [0.5, 0.6) is 0 Å². The average molecular weight is 503 g/mol. The monoisotopic (exact) mass is 502 g/mol. The van der Waals surface area contributed by atoms with Crippen molar-refractivity contribution in [1.29, 1.82) is 0 Å². The highest BCUT2D eigenvalue weighted by atomic mass is 19.1. The Kier molecular flexibility index (Phi) is 7.63. The summed E-state index contributed by atoms with van der Waals surface area (Å²) in [4.78, 5) is 34.3. The van der Waals surface area contributed by atoms with E-state index in [1.54, 1.807) is 12.4 Å². The number of nitrogens with one attached hydrogen (secondary N) is 2. The van der Waals surface area contributed by atoms with Gasteiger partial charge in [-0.15, -0.1) is 0 Å². The summed E-state index contributed by atoms with van der Waals surface area (Å²) in [5.74, 6) is -1.32. The van der Waals surface area contributed by atoms with E-state index in [1.807, 2.05) is 26.8 Å². The number of nitrogen functional groups attached to an aromatic ring is 1. The zero-order chi connectivity index (χ0) is 26.7. The zero-order valence-corrected chi connectivity index (χ0v) is 21.1. The van der Waals surface area contributed by atoms with Gasteiger partial charge in [-0.3, -0.25) is 14.6 Å². The number of carbonyl (C=O) groups excluding carboxylic acids is 2. The smallest absolute Gasteiger partial charge is 0.276 e. The second-order valence-corrected chi connectivity index (χ2v) is 9.69. The summed E-state index contributed by atoms with van der Waals surface area (Å²) in [5, 5.41) is 5.65. The van der Waals surface area contributed by atoms with Crippen LogP contribution in [0.25, 0.3) is 11.3 Å². The van der Waals surface area contributed by atoms with Gasteiger partial charge < -0.3 is 22.1 Å². The maximum atomic E-state index is 14.8. The van der Waals surface area contributed by atoms with Crippen molar-refractivity contribution >= 4 is 23.2 Å². The van der Waals surface area contributed by atoms with Crippen molar-refractivity contribution in [2.45, 2.75) is 51.6 Å². The molecule has 1 aliphatic carbocycles. The summed E-state index contributed by atoms with van der Waals surface area (Å²) in [7, 11) is 0. The topological polar surface area (TPSA) is 136 Å². The maximum Gasteiger partial charge on any atom is 0.276 e. The number of anilines is 2. The summed E-state index contributed by atoms with van der Waals surface area (Å²) in [6.07, 6.45) is 6.91. The minimum atomic E-state index is -0.573. The van der Waals surface area contributed by atoms with Crippen LogP contribution in [0.4, 0.5) is 15.8 Å². The summed E-state index contributed by atoms with van der Waals surface area (Å²) in [5.41, 5.74) is 15.6. The van der Waals surface area contributed by atoms with E-state index in [-0.39, 0.29) is 52.1 Å². The van der Waals surface area contributed by atoms with Gasteiger partial charge in [-0.25, -0.2) is 9.37 Å². The van der Waals surface area contributed by atoms with Crippen molar-refractivity contribution < 1.29 is 14.0 Å². The standard InChI is InChI=1S/C28H31FN6O2/c1-15(2)33-27(36)17-4-5-22(29)21(13-17)24-7-6-23(31)26(34-24)28(37)35-25-14-32-9-8-20(25)18-10-16(3)11-19(30)12-18/h4-9,11,13-15,18-19H,10,12,30-31H2,1-3H3,(H,33,36)(H,35,37)/t18-,19+/m1/s1. The van der Waals surface area contributed by atoms with E-state index in [0.29, 0.717) is 5.69 Å². The first-order chi connectivity index (χ1) is 17.6. The molecule has 9 heteroatoms. The quantitative estimate of drug-likeness (QED) is 0.369. The normalized spacial score (nSPS) is 17.3. The van der Waals surface area contributed by atoms with Gasteiger partial charge in [0.1, 0.15) is 5.82 Å². The molecule has 2 aromatic heterocycles. The average Bonchev–Trinajstić information content (AvgIpc) is 2.84. The molecule has 0 saturated carbocycles. The molecule has 3 aromatic rings. The lowest BCUT2D eigenvalue weighted by Gasteiger charge is -2.27. The zero-order valence-electron chi connectivity index (χ0n) is 21.1. The summed E-state index contributed by atoms with van der Waals surface area (Å²) in [6, 6.07) is 8.77. The van der Waals surface area contributed by atoms with Gasteiger partial charge in [0.2, 0.25) is 0 Å². The number of allylic oxidation sites excluding steroid dienone is 1. The highest BCUT2D eigenvalue weighted by molar-refractivity contribution is 6.07. The number of carbonyl (C=O) groups is 2. The molecule has 0 fully saturated rings. The van der Waals surface area contributed by atoms with Crippen LogP contribution in [0.2, 0.25) is 0 Å². The Labute approximate surface area is 215 Å². The van der Waals surface area contributed by atoms with E-state index in [1.165, 1.54) is 35.9 Å². The Bertz CT molecular complexity index is 1370. The number of aromatic nitrogens is 2. The van der Waals surface area contributed by atoms with Gasteiger partial charge in [0.15, 0.2) is 5.69 Å². The molecular formula is C28H31FN6O2. The summed E-state index contributed by atoms with van der Waals surface area (Å²) >= 11 is 0. The fourth-order valence-electron chi connectivity index (χ4n) is 4.60. The fourth-order valence-corrected chi connectivity index (χ4v) is 4.60. The predicted molar refractivity (Wildman–Crippen MR) is 143 cm³/mol. The predicted octanol–water partition coefficient (Wildman–Crippen LogP) is 4.41. The van der Waals surface area contributed by atoms with E-state index in [4.69, 9.17) is 11.5 Å². The van der Waals surface area contributed by atoms with E-state index >= 15 is 0 Å². The molecule has 0 aliphatic heterocycles. The fraction of sp³-hybridized carbons (Fsp3) is 0.286. The Morgan fingerprint density at radius 1 is 1.14 bits per heavy atom. The highest BCUT2D eigenvalue weighted by Gasteiger charge is 2.24. The van der Waals surface area contributed by atoms with E-state index in [9.17, 15) is 14.0 Å². The molecule has 2 heterocycles. The summed E-state index contributed by atoms with van der Waals surface area (Å²) < 4.78 is 14.8. The van der Waals surface area contributed by atoms with Crippen LogP contribution < -0.4 is 22.1 Å². The highest BCUT2D eigenvalue weighted by Crippen LogP contribution is 2.36. The van der Waals surface area contributed by atoms with Crippen molar-refractivity contribution in [3.8, 4) is 11.3 Å². The second kappa shape index (κ2) is 10.9. The molecule has 2 atom stereocenters. The molecule has 0 spiro atoms. The van der Waals surface area contributed by atoms with Gasteiger partial charge in [0.05, 0.1) is 23.3 Å². The van der Waals surface area contributed by atoms with Crippen LogP contribution in [-0.4, -0.2) is 33.9 Å². The molecule has 1 aliphatic rings. The van der Waals surface area contributed by atoms with Crippen molar-refractivity contribution in [1.82, 2.24) is 15.3 Å². The summed E-state index contributed by atoms with van der Waals surface area (Å²) in [6.45, 7) is 5.72. The Morgan fingerprint density at radius 2 is 1.92 bits per heavy atom. The van der Waals surface area contributed by atoms with Gasteiger partial charge in [-0.1, -0.05) is 11.6 Å². The third kappa shape index (κ3) is 6.00. The molecule has 0 radical (unpaired) electrons. The number of benzene rings is 1. The minimum absolute atomic E-state index is 0.0554. The Balaban J connectivity index is 1.63. The van der Waals surface area contributed by atoms with Gasteiger partial charge in [0, 0.05) is 29.4 Å². The van der Waals surface area contributed by atoms with Gasteiger partial charge in [0.25, 0.3) is 11.8 Å². The lowest BCUT2D eigenvalue weighted by molar-refractivity contribution is 0.0942. The third-order valence-electron chi connectivity index (χ3n) is 6.23. The Morgan fingerprint density at radius 3 is 2.65 bits per heavy atom. The van der Waals surface area contributed by atoms with E-state index in [2.05, 4.69) is 26.7 Å². The largest absolute Gasteiger partial charge is 0.397 e. The van der Waals surface area contributed by atoms with Crippen LogP contribution in [0.3, 0.4) is 0 Å². The molecule has 192 valence electrons. The second-order valence-electron chi connectivity index (χ2n) is 9.69. The van der Waals surface area contributed by atoms with Gasteiger partial charge in [-0.2, -0.15) is 0 Å². The molecule has 4 rings (SSSR count). The minimum Gasteiger partial charge on any atom is -0.397 e. The number of hydrogen-bond donors (Lipinski definition) is 4. The Hall–Kier alpha value is -4.11. The maximum absolute atomic E-state index is 14.8. The molecule has 37 heavy (non-hydrogen) atoms. The van der Waals surface area contributed by atoms with Gasteiger partial charge >= 0.3 is 0 Å².